The lowest BCUT2D eigenvalue weighted by molar-refractivity contribution is 0.355. The van der Waals surface area contributed by atoms with Crippen LogP contribution in [0.1, 0.15) is 0 Å². The van der Waals surface area contributed by atoms with E-state index in [1.807, 2.05) is 36.4 Å². The molecule has 0 aliphatic carbocycles. The molecule has 0 atom stereocenters. The molecule has 0 bridgehead atoms. The molecule has 102 valence electrons. The summed E-state index contributed by atoms with van der Waals surface area (Å²) >= 11 is 6.29. The van der Waals surface area contributed by atoms with Gasteiger partial charge >= 0.3 is 0 Å². The van der Waals surface area contributed by atoms with Gasteiger partial charge in [-0.1, -0.05) is 47.1 Å². The quantitative estimate of drug-likeness (QED) is 0.726. The number of fused-ring (bicyclic) bond motifs is 1. The molecule has 1 heterocycles. The van der Waals surface area contributed by atoms with Gasteiger partial charge in [0, 0.05) is 5.56 Å². The topological polar surface area (TPSA) is 44.5 Å². The van der Waals surface area contributed by atoms with E-state index in [1.165, 1.54) is 7.11 Å². The Morgan fingerprint density at radius 2 is 1.85 bits per heavy atom. The highest BCUT2D eigenvalue weighted by Crippen LogP contribution is 2.43. The van der Waals surface area contributed by atoms with Crippen molar-refractivity contribution in [3.63, 3.8) is 0 Å². The molecule has 0 spiro atoms. The number of halogens is 1. The summed E-state index contributed by atoms with van der Waals surface area (Å²) in [4.78, 5) is 0. The van der Waals surface area contributed by atoms with Crippen LogP contribution < -0.4 is 9.47 Å². The third-order valence-electron chi connectivity index (χ3n) is 3.10. The molecule has 5 heteroatoms. The van der Waals surface area contributed by atoms with Crippen LogP contribution in [0.5, 0.6) is 11.5 Å². The van der Waals surface area contributed by atoms with Gasteiger partial charge in [-0.05, 0) is 6.07 Å². The molecule has 0 saturated heterocycles. The molecule has 2 aromatic carbocycles. The first-order valence-electron chi connectivity index (χ1n) is 6.01. The Morgan fingerprint density at radius 3 is 2.50 bits per heavy atom. The van der Waals surface area contributed by atoms with Crippen LogP contribution in [0.3, 0.4) is 0 Å². The zero-order valence-electron chi connectivity index (χ0n) is 11.0. The van der Waals surface area contributed by atoms with Crippen LogP contribution in [0.2, 0.25) is 5.02 Å². The van der Waals surface area contributed by atoms with E-state index in [2.05, 4.69) is 5.16 Å². The number of rotatable bonds is 3. The predicted octanol–water partition coefficient (Wildman–Crippen LogP) is 4.17. The van der Waals surface area contributed by atoms with Gasteiger partial charge in [-0.15, -0.1) is 0 Å². The molecule has 0 saturated carbocycles. The molecular weight excluding hydrogens is 278 g/mol. The van der Waals surface area contributed by atoms with E-state index in [9.17, 15) is 0 Å². The monoisotopic (exact) mass is 289 g/mol. The molecule has 0 aliphatic heterocycles. The summed E-state index contributed by atoms with van der Waals surface area (Å²) in [5.41, 5.74) is 2.17. The highest BCUT2D eigenvalue weighted by molar-refractivity contribution is 6.37. The van der Waals surface area contributed by atoms with E-state index in [0.29, 0.717) is 22.1 Å². The largest absolute Gasteiger partial charge is 0.493 e. The first-order chi connectivity index (χ1) is 9.76. The van der Waals surface area contributed by atoms with Gasteiger partial charge in [0.15, 0.2) is 17.1 Å². The summed E-state index contributed by atoms with van der Waals surface area (Å²) in [6, 6.07) is 11.6. The molecule has 20 heavy (non-hydrogen) atoms. The van der Waals surface area contributed by atoms with Crippen LogP contribution in [-0.2, 0) is 0 Å². The fraction of sp³-hybridized carbons (Fsp3) is 0.133. The Labute approximate surface area is 120 Å². The summed E-state index contributed by atoms with van der Waals surface area (Å²) in [6.45, 7) is 0. The number of benzene rings is 2. The minimum atomic E-state index is 0.358. The zero-order valence-corrected chi connectivity index (χ0v) is 11.8. The molecule has 3 aromatic rings. The molecule has 3 rings (SSSR count). The highest BCUT2D eigenvalue weighted by Gasteiger charge is 2.20. The molecule has 0 aliphatic rings. The fourth-order valence-electron chi connectivity index (χ4n) is 2.14. The SMILES string of the molecule is COc1cc2c(-c3ccccc3)noc2c(Cl)c1OC. The molecule has 0 radical (unpaired) electrons. The van der Waals surface area contributed by atoms with E-state index in [4.69, 9.17) is 25.6 Å². The standard InChI is InChI=1S/C15H12ClNO3/c1-18-11-8-10-13(9-6-4-3-5-7-9)17-20-14(10)12(16)15(11)19-2/h3-8H,1-2H3. The maximum Gasteiger partial charge on any atom is 0.190 e. The Balaban J connectivity index is 2.30. The molecule has 0 fully saturated rings. The van der Waals surface area contributed by atoms with Crippen molar-refractivity contribution in [2.45, 2.75) is 0 Å². The predicted molar refractivity (Wildman–Crippen MR) is 77.6 cm³/mol. The Kier molecular flexibility index (Phi) is 3.24. The number of methoxy groups -OCH3 is 2. The van der Waals surface area contributed by atoms with Crippen molar-refractivity contribution in [1.82, 2.24) is 5.16 Å². The van der Waals surface area contributed by atoms with Gasteiger partial charge in [-0.3, -0.25) is 0 Å². The van der Waals surface area contributed by atoms with Gasteiger partial charge in [-0.25, -0.2) is 0 Å². The van der Waals surface area contributed by atoms with Crippen molar-refractivity contribution in [3.05, 3.63) is 41.4 Å². The second-order valence-electron chi connectivity index (χ2n) is 4.20. The van der Waals surface area contributed by atoms with Crippen molar-refractivity contribution >= 4 is 22.6 Å². The maximum atomic E-state index is 6.29. The van der Waals surface area contributed by atoms with Crippen LogP contribution in [0.4, 0.5) is 0 Å². The summed E-state index contributed by atoms with van der Waals surface area (Å²) in [5, 5.41) is 5.26. The molecule has 0 N–H and O–H groups in total. The van der Waals surface area contributed by atoms with Crippen molar-refractivity contribution in [2.24, 2.45) is 0 Å². The summed E-state index contributed by atoms with van der Waals surface area (Å²) in [7, 11) is 3.10. The van der Waals surface area contributed by atoms with E-state index in [-0.39, 0.29) is 0 Å². The average Bonchev–Trinajstić information content (AvgIpc) is 2.92. The van der Waals surface area contributed by atoms with Crippen molar-refractivity contribution in [3.8, 4) is 22.8 Å². The average molecular weight is 290 g/mol. The number of ether oxygens (including phenoxy) is 2. The van der Waals surface area contributed by atoms with Crippen LogP contribution in [0.25, 0.3) is 22.2 Å². The van der Waals surface area contributed by atoms with Crippen LogP contribution in [0.15, 0.2) is 40.9 Å². The third kappa shape index (κ3) is 1.89. The molecular formula is C15H12ClNO3. The smallest absolute Gasteiger partial charge is 0.190 e. The number of hydrogen-bond donors (Lipinski definition) is 0. The van der Waals surface area contributed by atoms with Gasteiger partial charge in [0.2, 0.25) is 0 Å². The minimum absolute atomic E-state index is 0.358. The fourth-order valence-corrected chi connectivity index (χ4v) is 2.45. The van der Waals surface area contributed by atoms with Crippen molar-refractivity contribution < 1.29 is 14.0 Å². The lowest BCUT2D eigenvalue weighted by Crippen LogP contribution is -1.91. The minimum Gasteiger partial charge on any atom is -0.493 e. The summed E-state index contributed by atoms with van der Waals surface area (Å²) in [5.74, 6) is 0.989. The lowest BCUT2D eigenvalue weighted by Gasteiger charge is -2.09. The van der Waals surface area contributed by atoms with Crippen LogP contribution >= 0.6 is 11.6 Å². The van der Waals surface area contributed by atoms with E-state index >= 15 is 0 Å². The van der Waals surface area contributed by atoms with E-state index in [1.54, 1.807) is 7.11 Å². The molecule has 1 aromatic heterocycles. The summed E-state index contributed by atoms with van der Waals surface area (Å²) < 4.78 is 15.9. The Bertz CT molecular complexity index is 753. The molecule has 4 nitrogen and oxygen atoms in total. The molecule has 0 amide bonds. The maximum absolute atomic E-state index is 6.29. The number of nitrogens with zero attached hydrogens (tertiary/aromatic N) is 1. The molecule has 0 unspecified atom stereocenters. The zero-order chi connectivity index (χ0) is 14.1. The first-order valence-corrected chi connectivity index (χ1v) is 6.39. The number of hydrogen-bond acceptors (Lipinski definition) is 4. The van der Waals surface area contributed by atoms with Gasteiger partial charge in [0.05, 0.1) is 19.6 Å². The van der Waals surface area contributed by atoms with Crippen LogP contribution in [0, 0.1) is 0 Å². The van der Waals surface area contributed by atoms with E-state index in [0.717, 1.165) is 16.6 Å². The van der Waals surface area contributed by atoms with Crippen LogP contribution in [-0.4, -0.2) is 19.4 Å². The van der Waals surface area contributed by atoms with Gasteiger partial charge in [0.25, 0.3) is 0 Å². The first kappa shape index (κ1) is 12.8. The summed E-state index contributed by atoms with van der Waals surface area (Å²) in [6.07, 6.45) is 0. The van der Waals surface area contributed by atoms with Gasteiger partial charge in [-0.2, -0.15) is 0 Å². The van der Waals surface area contributed by atoms with Gasteiger partial charge < -0.3 is 14.0 Å². The second kappa shape index (κ2) is 5.06. The lowest BCUT2D eigenvalue weighted by atomic mass is 10.1. The van der Waals surface area contributed by atoms with Crippen molar-refractivity contribution in [2.75, 3.05) is 14.2 Å². The Morgan fingerprint density at radius 1 is 1.10 bits per heavy atom. The van der Waals surface area contributed by atoms with E-state index < -0.39 is 0 Å². The third-order valence-corrected chi connectivity index (χ3v) is 3.44. The highest BCUT2D eigenvalue weighted by atomic mass is 35.5. The van der Waals surface area contributed by atoms with Crippen molar-refractivity contribution in [1.29, 1.82) is 0 Å². The number of aromatic nitrogens is 1. The second-order valence-corrected chi connectivity index (χ2v) is 4.58. The Hall–Kier alpha value is -2.20. The normalized spacial score (nSPS) is 10.8. The van der Waals surface area contributed by atoms with Gasteiger partial charge in [0.1, 0.15) is 10.7 Å².